The molecular weight excluding hydrogens is 542 g/mol. The van der Waals surface area contributed by atoms with Crippen LogP contribution in [0.1, 0.15) is 49.4 Å². The van der Waals surface area contributed by atoms with Gasteiger partial charge in [0.25, 0.3) is 5.91 Å². The third-order valence-corrected chi connectivity index (χ3v) is 10.3. The minimum absolute atomic E-state index is 0.00119. The van der Waals surface area contributed by atoms with Gasteiger partial charge in [-0.1, -0.05) is 6.92 Å². The van der Waals surface area contributed by atoms with Gasteiger partial charge in [-0.3, -0.25) is 9.59 Å². The summed E-state index contributed by atoms with van der Waals surface area (Å²) in [7, 11) is 1.66. The smallest absolute Gasteiger partial charge is 0.254 e. The summed E-state index contributed by atoms with van der Waals surface area (Å²) in [4.78, 5) is 40.1. The minimum Gasteiger partial charge on any atom is -0.494 e. The molecule has 0 unspecified atom stereocenters. The molecule has 10 nitrogen and oxygen atoms in total. The molecule has 4 aromatic rings. The van der Waals surface area contributed by atoms with E-state index in [2.05, 4.69) is 21.3 Å². The lowest BCUT2D eigenvalue weighted by molar-refractivity contribution is -0.137. The number of aromatic nitrogens is 4. The number of imidazole rings is 1. The van der Waals surface area contributed by atoms with E-state index >= 15 is 0 Å². The van der Waals surface area contributed by atoms with Crippen LogP contribution in [-0.2, 0) is 17.9 Å². The van der Waals surface area contributed by atoms with Gasteiger partial charge in [-0.2, -0.15) is 0 Å². The molecule has 10 heteroatoms. The molecule has 2 N–H and O–H groups in total. The minimum atomic E-state index is -0.00119. The molecular formula is C33H39N7O3. The zero-order chi connectivity index (χ0) is 29.4. The van der Waals surface area contributed by atoms with Gasteiger partial charge in [0.1, 0.15) is 16.9 Å². The summed E-state index contributed by atoms with van der Waals surface area (Å²) in [6.07, 6.45) is 6.89. The van der Waals surface area contributed by atoms with E-state index in [1.165, 1.54) is 12.8 Å². The number of fused-ring (bicyclic) bond motifs is 4. The summed E-state index contributed by atoms with van der Waals surface area (Å²) in [6.45, 7) is 5.69. The zero-order valence-electron chi connectivity index (χ0n) is 24.9. The molecule has 8 rings (SSSR count). The standard InChI is InChI=1S/C33H39N7O3/c1-3-28(41)37-14-20(15-37)17-40-30-24(11-23(13-27(30)43-2)33(42)39-18-22-8-9-25(39)29(22)34)36-32(40)26-12-21-5-4-10-35-31(21)38(26)16-19-6-7-19/h4-5,10-13,19-20,22,25,29H,3,6-9,14-18,34H2,1-2H3/t22-,25-,29-/m1/s1. The van der Waals surface area contributed by atoms with E-state index in [1.54, 1.807) is 7.11 Å². The number of benzene rings is 1. The number of hydrogen-bond donors (Lipinski definition) is 1. The van der Waals surface area contributed by atoms with Crippen molar-refractivity contribution in [3.05, 3.63) is 42.1 Å². The molecule has 4 fully saturated rings. The van der Waals surface area contributed by atoms with E-state index in [0.717, 1.165) is 66.1 Å². The third-order valence-electron chi connectivity index (χ3n) is 10.3. The number of rotatable bonds is 8. The van der Waals surface area contributed by atoms with Crippen molar-refractivity contribution in [2.45, 2.75) is 64.2 Å². The fraction of sp³-hybridized carbons (Fsp3) is 0.515. The van der Waals surface area contributed by atoms with Crippen molar-refractivity contribution in [2.24, 2.45) is 23.5 Å². The van der Waals surface area contributed by atoms with Gasteiger partial charge in [-0.05, 0) is 67.9 Å². The number of nitrogens with two attached hydrogens (primary N) is 1. The second kappa shape index (κ2) is 10.1. The van der Waals surface area contributed by atoms with Crippen LogP contribution in [0.25, 0.3) is 33.6 Å². The van der Waals surface area contributed by atoms with E-state index in [1.807, 2.05) is 41.1 Å². The van der Waals surface area contributed by atoms with Gasteiger partial charge >= 0.3 is 0 Å². The maximum Gasteiger partial charge on any atom is 0.254 e. The van der Waals surface area contributed by atoms with Gasteiger partial charge in [0.05, 0.1) is 18.3 Å². The molecule has 2 amide bonds. The highest BCUT2D eigenvalue weighted by molar-refractivity contribution is 6.00. The second-order valence-electron chi connectivity index (χ2n) is 13.0. The fourth-order valence-corrected chi connectivity index (χ4v) is 7.72. The predicted molar refractivity (Wildman–Crippen MR) is 164 cm³/mol. The van der Waals surface area contributed by atoms with Crippen LogP contribution in [0.5, 0.6) is 5.75 Å². The molecule has 5 heterocycles. The summed E-state index contributed by atoms with van der Waals surface area (Å²) >= 11 is 0. The lowest BCUT2D eigenvalue weighted by Gasteiger charge is -2.39. The first-order chi connectivity index (χ1) is 20.9. The van der Waals surface area contributed by atoms with Crippen molar-refractivity contribution in [3.8, 4) is 17.3 Å². The van der Waals surface area contributed by atoms with Gasteiger partial charge in [0, 0.05) is 74.3 Å². The first-order valence-electron chi connectivity index (χ1n) is 15.8. The van der Waals surface area contributed by atoms with Crippen LogP contribution in [0.4, 0.5) is 0 Å². The van der Waals surface area contributed by atoms with Gasteiger partial charge in [0.15, 0.2) is 5.82 Å². The maximum atomic E-state index is 13.8. The van der Waals surface area contributed by atoms with Gasteiger partial charge in [-0.15, -0.1) is 0 Å². The highest BCUT2D eigenvalue weighted by atomic mass is 16.5. The van der Waals surface area contributed by atoms with Crippen molar-refractivity contribution in [3.63, 3.8) is 0 Å². The largest absolute Gasteiger partial charge is 0.494 e. The van der Waals surface area contributed by atoms with Gasteiger partial charge in [-0.25, -0.2) is 9.97 Å². The monoisotopic (exact) mass is 581 g/mol. The summed E-state index contributed by atoms with van der Waals surface area (Å²) in [5.74, 6) is 3.01. The molecule has 2 saturated carbocycles. The van der Waals surface area contributed by atoms with Crippen molar-refractivity contribution in [1.29, 1.82) is 0 Å². The Kier molecular flexibility index (Phi) is 6.25. The predicted octanol–water partition coefficient (Wildman–Crippen LogP) is 3.90. The molecule has 224 valence electrons. The quantitative estimate of drug-likeness (QED) is 0.338. The summed E-state index contributed by atoms with van der Waals surface area (Å²) in [5, 5.41) is 1.09. The van der Waals surface area contributed by atoms with E-state index < -0.39 is 0 Å². The topological polar surface area (TPSA) is 112 Å². The normalized spacial score (nSPS) is 23.5. The van der Waals surface area contributed by atoms with Crippen molar-refractivity contribution in [2.75, 3.05) is 26.7 Å². The number of ether oxygens (including phenoxy) is 1. The van der Waals surface area contributed by atoms with Gasteiger partial charge < -0.3 is 29.4 Å². The molecule has 4 aliphatic rings. The Morgan fingerprint density at radius 3 is 2.53 bits per heavy atom. The van der Waals surface area contributed by atoms with Crippen LogP contribution in [0.15, 0.2) is 36.5 Å². The molecule has 2 aliphatic heterocycles. The lowest BCUT2D eigenvalue weighted by atomic mass is 9.99. The second-order valence-corrected chi connectivity index (χ2v) is 13.0. The molecule has 1 aromatic carbocycles. The molecule has 2 bridgehead atoms. The number of hydrogen-bond acceptors (Lipinski definition) is 6. The number of carbonyl (C=O) groups excluding carboxylic acids is 2. The SMILES string of the molecule is CCC(=O)N1CC(Cn2c(-c3cc4cccnc4n3CC3CC3)nc3cc(C(=O)N4C[C@H]5CC[C@@H]4[C@@H]5N)cc(OC)c32)C1. The number of pyridine rings is 1. The van der Waals surface area contributed by atoms with Crippen LogP contribution < -0.4 is 10.5 Å². The number of likely N-dealkylation sites (tertiary alicyclic amines) is 2. The average Bonchev–Trinajstić information content (AvgIpc) is 3.36. The molecule has 2 aliphatic carbocycles. The lowest BCUT2D eigenvalue weighted by Crippen LogP contribution is -2.51. The Bertz CT molecular complexity index is 1750. The molecule has 0 radical (unpaired) electrons. The zero-order valence-corrected chi connectivity index (χ0v) is 24.9. The van der Waals surface area contributed by atoms with Crippen molar-refractivity contribution in [1.82, 2.24) is 28.9 Å². The number of methoxy groups -OCH3 is 1. The van der Waals surface area contributed by atoms with Crippen LogP contribution >= 0.6 is 0 Å². The summed E-state index contributed by atoms with van der Waals surface area (Å²) < 4.78 is 10.6. The number of piperidine rings is 1. The van der Waals surface area contributed by atoms with Crippen molar-refractivity contribution >= 4 is 33.9 Å². The summed E-state index contributed by atoms with van der Waals surface area (Å²) in [5.41, 5.74) is 10.6. The third kappa shape index (κ3) is 4.32. The molecule has 3 aromatic heterocycles. The first-order valence-corrected chi connectivity index (χ1v) is 15.8. The van der Waals surface area contributed by atoms with E-state index in [4.69, 9.17) is 20.4 Å². The van der Waals surface area contributed by atoms with Crippen LogP contribution in [0.2, 0.25) is 0 Å². The van der Waals surface area contributed by atoms with Crippen LogP contribution in [-0.4, -0.2) is 79.5 Å². The molecule has 3 atom stereocenters. The Morgan fingerprint density at radius 2 is 1.84 bits per heavy atom. The number of carbonyl (C=O) groups is 2. The highest BCUT2D eigenvalue weighted by Gasteiger charge is 2.47. The maximum absolute atomic E-state index is 13.8. The Hall–Kier alpha value is -3.92. The molecule has 0 spiro atoms. The Balaban J connectivity index is 1.25. The summed E-state index contributed by atoms with van der Waals surface area (Å²) in [6, 6.07) is 10.2. The Labute approximate surface area is 250 Å². The van der Waals surface area contributed by atoms with E-state index in [9.17, 15) is 9.59 Å². The van der Waals surface area contributed by atoms with E-state index in [0.29, 0.717) is 48.6 Å². The Morgan fingerprint density at radius 1 is 1.02 bits per heavy atom. The fourth-order valence-electron chi connectivity index (χ4n) is 7.72. The van der Waals surface area contributed by atoms with Crippen LogP contribution in [0, 0.1) is 17.8 Å². The average molecular weight is 582 g/mol. The molecule has 43 heavy (non-hydrogen) atoms. The first kappa shape index (κ1) is 26.7. The number of nitrogens with zero attached hydrogens (tertiary/aromatic N) is 6. The van der Waals surface area contributed by atoms with Crippen LogP contribution in [0.3, 0.4) is 0 Å². The highest BCUT2D eigenvalue weighted by Crippen LogP contribution is 2.41. The van der Waals surface area contributed by atoms with E-state index in [-0.39, 0.29) is 23.9 Å². The molecule has 2 saturated heterocycles. The van der Waals surface area contributed by atoms with Gasteiger partial charge in [0.2, 0.25) is 5.91 Å². The van der Waals surface area contributed by atoms with Crippen molar-refractivity contribution < 1.29 is 14.3 Å². The number of amides is 2.